The maximum absolute atomic E-state index is 4.74. The molecule has 1 aromatic carbocycles. The van der Waals surface area contributed by atoms with Crippen LogP contribution in [0.1, 0.15) is 56.0 Å². The van der Waals surface area contributed by atoms with Gasteiger partial charge in [-0.05, 0) is 37.5 Å². The van der Waals surface area contributed by atoms with E-state index in [1.165, 1.54) is 48.7 Å². The van der Waals surface area contributed by atoms with Crippen LogP contribution >= 0.6 is 0 Å². The largest absolute Gasteiger partial charge is 0.342 e. The molecule has 0 radical (unpaired) electrons. The van der Waals surface area contributed by atoms with Crippen molar-refractivity contribution in [2.45, 2.75) is 59.3 Å². The molecule has 1 N–H and O–H groups in total. The van der Waals surface area contributed by atoms with Crippen molar-refractivity contribution in [2.75, 3.05) is 0 Å². The Morgan fingerprint density at radius 3 is 2.61 bits per heavy atom. The summed E-state index contributed by atoms with van der Waals surface area (Å²) >= 11 is 0. The fourth-order valence-corrected chi connectivity index (χ4v) is 2.38. The number of imidazole rings is 1. The van der Waals surface area contributed by atoms with Gasteiger partial charge in [0.05, 0.1) is 11.0 Å². The summed E-state index contributed by atoms with van der Waals surface area (Å²) < 4.78 is 0. The number of H-pyrrole nitrogens is 1. The van der Waals surface area contributed by atoms with Crippen molar-refractivity contribution in [2.24, 2.45) is 0 Å². The predicted octanol–water partition coefficient (Wildman–Crippen LogP) is 4.69. The van der Waals surface area contributed by atoms with Crippen molar-refractivity contribution >= 4 is 11.0 Å². The van der Waals surface area contributed by atoms with Gasteiger partial charge in [-0.15, -0.1) is 0 Å². The third-order valence-corrected chi connectivity index (χ3v) is 3.74. The van der Waals surface area contributed by atoms with Gasteiger partial charge in [0.25, 0.3) is 0 Å². The minimum Gasteiger partial charge on any atom is -0.342 e. The van der Waals surface area contributed by atoms with E-state index in [9.17, 15) is 0 Å². The Hall–Kier alpha value is -1.31. The van der Waals surface area contributed by atoms with Gasteiger partial charge in [-0.25, -0.2) is 4.98 Å². The van der Waals surface area contributed by atoms with Crippen LogP contribution in [-0.2, 0) is 6.42 Å². The molecule has 0 saturated carbocycles. The molecular weight excluding hydrogens is 220 g/mol. The Labute approximate surface area is 110 Å². The molecule has 0 aliphatic rings. The quantitative estimate of drug-likeness (QED) is 0.733. The molecule has 0 bridgehead atoms. The molecule has 18 heavy (non-hydrogen) atoms. The van der Waals surface area contributed by atoms with E-state index >= 15 is 0 Å². The molecule has 0 fully saturated rings. The number of rotatable bonds is 6. The molecule has 0 amide bonds. The molecule has 0 atom stereocenters. The predicted molar refractivity (Wildman–Crippen MR) is 78.0 cm³/mol. The number of nitrogens with one attached hydrogen (secondary N) is 1. The SMILES string of the molecule is CCCCCCCc1nc2c(C)c(C)ccc2[nH]1. The molecule has 0 saturated heterocycles. The molecule has 2 rings (SSSR count). The molecule has 1 heterocycles. The van der Waals surface area contributed by atoms with Crippen molar-refractivity contribution < 1.29 is 0 Å². The van der Waals surface area contributed by atoms with Crippen LogP contribution in [0.5, 0.6) is 0 Å². The number of hydrogen-bond donors (Lipinski definition) is 1. The van der Waals surface area contributed by atoms with Crippen LogP contribution in [-0.4, -0.2) is 9.97 Å². The number of aromatic amines is 1. The molecule has 2 nitrogen and oxygen atoms in total. The van der Waals surface area contributed by atoms with E-state index in [-0.39, 0.29) is 0 Å². The van der Waals surface area contributed by atoms with Gasteiger partial charge in [0.15, 0.2) is 0 Å². The second-order valence-electron chi connectivity index (χ2n) is 5.25. The highest BCUT2D eigenvalue weighted by molar-refractivity contribution is 5.79. The lowest BCUT2D eigenvalue weighted by Gasteiger charge is -1.98. The third kappa shape index (κ3) is 2.92. The molecule has 98 valence electrons. The summed E-state index contributed by atoms with van der Waals surface area (Å²) in [6.45, 7) is 6.56. The standard InChI is InChI=1S/C16H24N2/c1-4-5-6-7-8-9-15-17-14-11-10-12(2)13(3)16(14)18-15/h10-11H,4-9H2,1-3H3,(H,17,18). The normalized spacial score (nSPS) is 11.3. The average molecular weight is 244 g/mol. The van der Waals surface area contributed by atoms with Crippen molar-refractivity contribution in [3.63, 3.8) is 0 Å². The van der Waals surface area contributed by atoms with Gasteiger partial charge in [0, 0.05) is 6.42 Å². The monoisotopic (exact) mass is 244 g/mol. The van der Waals surface area contributed by atoms with Crippen LogP contribution in [0.25, 0.3) is 11.0 Å². The third-order valence-electron chi connectivity index (χ3n) is 3.74. The van der Waals surface area contributed by atoms with Gasteiger partial charge < -0.3 is 4.98 Å². The summed E-state index contributed by atoms with van der Waals surface area (Å²) in [7, 11) is 0. The fraction of sp³-hybridized carbons (Fsp3) is 0.562. The zero-order chi connectivity index (χ0) is 13.0. The minimum atomic E-state index is 1.08. The van der Waals surface area contributed by atoms with Gasteiger partial charge in [-0.3, -0.25) is 0 Å². The van der Waals surface area contributed by atoms with E-state index in [1.807, 2.05) is 0 Å². The molecule has 1 aromatic heterocycles. The molecule has 0 unspecified atom stereocenters. The van der Waals surface area contributed by atoms with E-state index in [1.54, 1.807) is 0 Å². The minimum absolute atomic E-state index is 1.08. The lowest BCUT2D eigenvalue weighted by atomic mass is 10.1. The number of aromatic nitrogens is 2. The summed E-state index contributed by atoms with van der Waals surface area (Å²) in [6, 6.07) is 4.31. The van der Waals surface area contributed by atoms with E-state index < -0.39 is 0 Å². The smallest absolute Gasteiger partial charge is 0.107 e. The van der Waals surface area contributed by atoms with E-state index in [0.717, 1.165) is 17.8 Å². The highest BCUT2D eigenvalue weighted by Gasteiger charge is 2.06. The summed E-state index contributed by atoms with van der Waals surface area (Å²) in [4.78, 5) is 8.18. The van der Waals surface area contributed by atoms with Gasteiger partial charge in [0.2, 0.25) is 0 Å². The van der Waals surface area contributed by atoms with Crippen LogP contribution < -0.4 is 0 Å². The summed E-state index contributed by atoms with van der Waals surface area (Å²) in [5.41, 5.74) is 4.96. The Balaban J connectivity index is 2.00. The highest BCUT2D eigenvalue weighted by atomic mass is 14.9. The lowest BCUT2D eigenvalue weighted by molar-refractivity contribution is 0.625. The van der Waals surface area contributed by atoms with Crippen LogP contribution in [0.15, 0.2) is 12.1 Å². The molecular formula is C16H24N2. The summed E-state index contributed by atoms with van der Waals surface area (Å²) in [6.07, 6.45) is 7.67. The molecule has 0 aliphatic carbocycles. The summed E-state index contributed by atoms with van der Waals surface area (Å²) in [5.74, 6) is 1.15. The first-order chi connectivity index (χ1) is 8.72. The zero-order valence-corrected chi connectivity index (χ0v) is 11.8. The fourth-order valence-electron chi connectivity index (χ4n) is 2.38. The van der Waals surface area contributed by atoms with Gasteiger partial charge in [0.1, 0.15) is 5.82 Å². The maximum Gasteiger partial charge on any atom is 0.107 e. The van der Waals surface area contributed by atoms with Crippen LogP contribution in [0.3, 0.4) is 0 Å². The van der Waals surface area contributed by atoms with Crippen molar-refractivity contribution in [1.29, 1.82) is 0 Å². The zero-order valence-electron chi connectivity index (χ0n) is 11.8. The number of nitrogens with zero attached hydrogens (tertiary/aromatic N) is 1. The highest BCUT2D eigenvalue weighted by Crippen LogP contribution is 2.20. The Morgan fingerprint density at radius 1 is 1.06 bits per heavy atom. The maximum atomic E-state index is 4.74. The molecule has 0 spiro atoms. The average Bonchev–Trinajstić information content (AvgIpc) is 2.78. The van der Waals surface area contributed by atoms with Crippen molar-refractivity contribution in [1.82, 2.24) is 9.97 Å². The second-order valence-corrected chi connectivity index (χ2v) is 5.25. The van der Waals surface area contributed by atoms with E-state index in [0.29, 0.717) is 0 Å². The van der Waals surface area contributed by atoms with Crippen molar-refractivity contribution in [3.8, 4) is 0 Å². The van der Waals surface area contributed by atoms with Crippen LogP contribution in [0.2, 0.25) is 0 Å². The second kappa shape index (κ2) is 6.03. The first kappa shape index (κ1) is 13.1. The molecule has 2 aromatic rings. The molecule has 2 heteroatoms. The molecule has 0 aliphatic heterocycles. The number of fused-ring (bicyclic) bond motifs is 1. The van der Waals surface area contributed by atoms with Crippen molar-refractivity contribution in [3.05, 3.63) is 29.1 Å². The van der Waals surface area contributed by atoms with Gasteiger partial charge in [-0.2, -0.15) is 0 Å². The number of unbranched alkanes of at least 4 members (excludes halogenated alkanes) is 4. The van der Waals surface area contributed by atoms with Crippen LogP contribution in [0, 0.1) is 13.8 Å². The summed E-state index contributed by atoms with van der Waals surface area (Å²) in [5, 5.41) is 0. The Kier molecular flexibility index (Phi) is 4.40. The Bertz CT molecular complexity index is 511. The van der Waals surface area contributed by atoms with Gasteiger partial charge >= 0.3 is 0 Å². The number of hydrogen-bond acceptors (Lipinski definition) is 1. The van der Waals surface area contributed by atoms with E-state index in [4.69, 9.17) is 4.98 Å². The Morgan fingerprint density at radius 2 is 1.83 bits per heavy atom. The first-order valence-corrected chi connectivity index (χ1v) is 7.17. The first-order valence-electron chi connectivity index (χ1n) is 7.17. The number of aryl methyl sites for hydroxylation is 3. The van der Waals surface area contributed by atoms with Gasteiger partial charge in [-0.1, -0.05) is 38.7 Å². The number of benzene rings is 1. The van der Waals surface area contributed by atoms with E-state index in [2.05, 4.69) is 37.9 Å². The topological polar surface area (TPSA) is 28.7 Å². The van der Waals surface area contributed by atoms with Crippen LogP contribution in [0.4, 0.5) is 0 Å². The lowest BCUT2D eigenvalue weighted by Crippen LogP contribution is -1.88.